The topological polar surface area (TPSA) is 101 Å². The van der Waals surface area contributed by atoms with Crippen molar-refractivity contribution in [3.8, 4) is 17.0 Å². The first-order chi connectivity index (χ1) is 17.3. The Morgan fingerprint density at radius 1 is 1.03 bits per heavy atom. The van der Waals surface area contributed by atoms with E-state index in [0.29, 0.717) is 35.5 Å². The number of H-pyrrole nitrogens is 1. The molecule has 0 aliphatic heterocycles. The molecule has 1 unspecified atom stereocenters. The highest BCUT2D eigenvalue weighted by Crippen LogP contribution is 2.30. The molecule has 1 aromatic heterocycles. The molecule has 0 fully saturated rings. The van der Waals surface area contributed by atoms with Crippen molar-refractivity contribution in [3.63, 3.8) is 0 Å². The van der Waals surface area contributed by atoms with E-state index in [1.807, 2.05) is 78.9 Å². The highest BCUT2D eigenvalue weighted by atomic mass is 32.2. The predicted molar refractivity (Wildman–Crippen MR) is 142 cm³/mol. The van der Waals surface area contributed by atoms with Crippen LogP contribution in [0.15, 0.2) is 85.1 Å². The van der Waals surface area contributed by atoms with Gasteiger partial charge in [-0.25, -0.2) is 8.42 Å². The number of nitrogens with one attached hydrogen (secondary N) is 2. The van der Waals surface area contributed by atoms with Crippen molar-refractivity contribution in [2.24, 2.45) is 0 Å². The van der Waals surface area contributed by atoms with Crippen LogP contribution in [0, 0.1) is 0 Å². The van der Waals surface area contributed by atoms with Gasteiger partial charge in [0.25, 0.3) is 0 Å². The number of rotatable bonds is 11. The van der Waals surface area contributed by atoms with Gasteiger partial charge < -0.3 is 10.1 Å². The minimum Gasteiger partial charge on any atom is -0.497 e. The van der Waals surface area contributed by atoms with Crippen molar-refractivity contribution >= 4 is 21.3 Å². The Balaban J connectivity index is 1.67. The number of aromatic nitrogens is 2. The molecule has 4 aromatic rings. The third-order valence-electron chi connectivity index (χ3n) is 5.84. The Labute approximate surface area is 211 Å². The highest BCUT2D eigenvalue weighted by Gasteiger charge is 2.26. The van der Waals surface area contributed by atoms with E-state index in [1.165, 1.54) is 6.26 Å². The van der Waals surface area contributed by atoms with Crippen molar-refractivity contribution in [1.29, 1.82) is 0 Å². The first-order valence-corrected chi connectivity index (χ1v) is 13.7. The van der Waals surface area contributed by atoms with Gasteiger partial charge in [0.15, 0.2) is 5.78 Å². The second-order valence-corrected chi connectivity index (χ2v) is 10.9. The summed E-state index contributed by atoms with van der Waals surface area (Å²) < 4.78 is 28.6. The number of carbonyl (C=O) groups excluding carboxylic acids is 1. The SMILES string of the molecule is COc1cc(CCCS(C)(=O)=O)cc(NC(C(=O)c2c[nH]nc2-c2ccccc2)c2ccccc2)c1. The van der Waals surface area contributed by atoms with Gasteiger partial charge in [-0.15, -0.1) is 0 Å². The summed E-state index contributed by atoms with van der Waals surface area (Å²) in [6.07, 6.45) is 3.94. The quantitative estimate of drug-likeness (QED) is 0.276. The normalized spacial score (nSPS) is 12.2. The maximum atomic E-state index is 13.9. The Kier molecular flexibility index (Phi) is 7.85. The van der Waals surface area contributed by atoms with Crippen LogP contribution in [0.1, 0.15) is 33.9 Å². The third kappa shape index (κ3) is 6.40. The smallest absolute Gasteiger partial charge is 0.193 e. The number of anilines is 1. The molecule has 0 radical (unpaired) electrons. The van der Waals surface area contributed by atoms with Crippen LogP contribution in [0.5, 0.6) is 5.75 Å². The number of aromatic amines is 1. The van der Waals surface area contributed by atoms with Gasteiger partial charge in [0.05, 0.1) is 18.4 Å². The zero-order chi connectivity index (χ0) is 25.5. The van der Waals surface area contributed by atoms with Gasteiger partial charge in [0.1, 0.15) is 27.3 Å². The lowest BCUT2D eigenvalue weighted by molar-refractivity contribution is 0.0970. The number of methoxy groups -OCH3 is 1. The molecule has 1 atom stereocenters. The van der Waals surface area contributed by atoms with E-state index in [4.69, 9.17) is 4.74 Å². The van der Waals surface area contributed by atoms with Gasteiger partial charge in [-0.2, -0.15) is 5.10 Å². The second-order valence-electron chi connectivity index (χ2n) is 8.67. The first kappa shape index (κ1) is 25.2. The van der Waals surface area contributed by atoms with Crippen LogP contribution in [-0.2, 0) is 16.3 Å². The standard InChI is InChI=1S/C28H29N3O4S/c1-35-24-17-20(10-9-15-36(2,33)34)16-23(18-24)30-27(22-13-7-4-8-14-22)28(32)25-19-29-31-26(25)21-11-5-3-6-12-21/h3-8,11-14,16-19,27,30H,9-10,15H2,1-2H3,(H,29,31). The Morgan fingerprint density at radius 2 is 1.72 bits per heavy atom. The minimum atomic E-state index is -3.04. The van der Waals surface area contributed by atoms with Crippen molar-refractivity contribution in [3.05, 3.63) is 102 Å². The van der Waals surface area contributed by atoms with Crippen LogP contribution in [0.4, 0.5) is 5.69 Å². The van der Waals surface area contributed by atoms with Gasteiger partial charge in [0.2, 0.25) is 0 Å². The molecule has 0 spiro atoms. The summed E-state index contributed by atoms with van der Waals surface area (Å²) in [7, 11) is -1.46. The van der Waals surface area contributed by atoms with Crippen LogP contribution < -0.4 is 10.1 Å². The lowest BCUT2D eigenvalue weighted by atomic mass is 9.95. The maximum absolute atomic E-state index is 13.9. The van der Waals surface area contributed by atoms with Crippen molar-refractivity contribution in [2.75, 3.05) is 24.4 Å². The summed E-state index contributed by atoms with van der Waals surface area (Å²) >= 11 is 0. The number of nitrogens with zero attached hydrogens (tertiary/aromatic N) is 1. The van der Waals surface area contributed by atoms with Gasteiger partial charge >= 0.3 is 0 Å². The number of Topliss-reactive ketones (excluding diaryl/α,β-unsaturated/α-hetero) is 1. The van der Waals surface area contributed by atoms with Crippen LogP contribution in [0.25, 0.3) is 11.3 Å². The van der Waals surface area contributed by atoms with Crippen LogP contribution in [0.3, 0.4) is 0 Å². The Hall–Kier alpha value is -3.91. The van der Waals surface area contributed by atoms with E-state index in [9.17, 15) is 13.2 Å². The Bertz CT molecular complexity index is 1420. The molecule has 2 N–H and O–H groups in total. The lowest BCUT2D eigenvalue weighted by Crippen LogP contribution is -2.21. The fraction of sp³-hybridized carbons (Fsp3) is 0.214. The molecular weight excluding hydrogens is 474 g/mol. The van der Waals surface area contributed by atoms with E-state index in [2.05, 4.69) is 15.5 Å². The predicted octanol–water partition coefficient (Wildman–Crippen LogP) is 5.10. The molecule has 36 heavy (non-hydrogen) atoms. The number of carbonyl (C=O) groups is 1. The molecule has 3 aromatic carbocycles. The van der Waals surface area contributed by atoms with E-state index in [-0.39, 0.29) is 11.5 Å². The second kappa shape index (κ2) is 11.2. The summed E-state index contributed by atoms with van der Waals surface area (Å²) in [6.45, 7) is 0. The molecule has 7 nitrogen and oxygen atoms in total. The zero-order valence-electron chi connectivity index (χ0n) is 20.3. The molecule has 186 valence electrons. The Morgan fingerprint density at radius 3 is 2.39 bits per heavy atom. The number of hydrogen-bond donors (Lipinski definition) is 2. The van der Waals surface area contributed by atoms with Crippen LogP contribution in [-0.4, -0.2) is 43.5 Å². The first-order valence-electron chi connectivity index (χ1n) is 11.6. The van der Waals surface area contributed by atoms with E-state index in [0.717, 1.165) is 16.7 Å². The highest BCUT2D eigenvalue weighted by molar-refractivity contribution is 7.90. The summed E-state index contributed by atoms with van der Waals surface area (Å²) in [5.74, 6) is 0.609. The molecular formula is C28H29N3O4S. The monoisotopic (exact) mass is 503 g/mol. The minimum absolute atomic E-state index is 0.112. The summed E-state index contributed by atoms with van der Waals surface area (Å²) in [6, 6.07) is 24.1. The van der Waals surface area contributed by atoms with Crippen LogP contribution in [0.2, 0.25) is 0 Å². The molecule has 0 amide bonds. The summed E-state index contributed by atoms with van der Waals surface area (Å²) in [5.41, 5.74) is 4.37. The number of sulfone groups is 1. The van der Waals surface area contributed by atoms with Gasteiger partial charge in [-0.1, -0.05) is 60.7 Å². The number of aryl methyl sites for hydroxylation is 1. The average molecular weight is 504 g/mol. The van der Waals surface area contributed by atoms with Gasteiger partial charge in [0, 0.05) is 29.8 Å². The van der Waals surface area contributed by atoms with Crippen molar-refractivity contribution < 1.29 is 17.9 Å². The fourth-order valence-corrected chi connectivity index (χ4v) is 4.78. The molecule has 8 heteroatoms. The molecule has 1 heterocycles. The van der Waals surface area contributed by atoms with E-state index >= 15 is 0 Å². The summed E-state index contributed by atoms with van der Waals surface area (Å²) in [4.78, 5) is 13.9. The van der Waals surface area contributed by atoms with E-state index < -0.39 is 15.9 Å². The van der Waals surface area contributed by atoms with Crippen LogP contribution >= 0.6 is 0 Å². The summed E-state index contributed by atoms with van der Waals surface area (Å²) in [5, 5.41) is 10.6. The fourth-order valence-electron chi connectivity index (χ4n) is 4.11. The van der Waals surface area contributed by atoms with Gasteiger partial charge in [-0.05, 0) is 36.1 Å². The van der Waals surface area contributed by atoms with Crippen molar-refractivity contribution in [2.45, 2.75) is 18.9 Å². The number of ether oxygens (including phenoxy) is 1. The average Bonchev–Trinajstić information content (AvgIpc) is 3.37. The lowest BCUT2D eigenvalue weighted by Gasteiger charge is -2.21. The number of benzene rings is 3. The molecule has 0 aliphatic rings. The largest absolute Gasteiger partial charge is 0.497 e. The van der Waals surface area contributed by atoms with E-state index in [1.54, 1.807) is 13.3 Å². The molecule has 0 aliphatic carbocycles. The molecule has 0 saturated heterocycles. The maximum Gasteiger partial charge on any atom is 0.193 e. The molecule has 0 bridgehead atoms. The molecule has 0 saturated carbocycles. The third-order valence-corrected chi connectivity index (χ3v) is 6.87. The number of hydrogen-bond acceptors (Lipinski definition) is 6. The molecule has 4 rings (SSSR count). The number of ketones is 1. The van der Waals surface area contributed by atoms with Gasteiger partial charge in [-0.3, -0.25) is 9.89 Å². The zero-order valence-corrected chi connectivity index (χ0v) is 21.1. The van der Waals surface area contributed by atoms with Crippen molar-refractivity contribution in [1.82, 2.24) is 10.2 Å².